The number of thiophene rings is 1. The van der Waals surface area contributed by atoms with Crippen LogP contribution in [0.4, 0.5) is 0 Å². The van der Waals surface area contributed by atoms with Crippen LogP contribution in [-0.2, 0) is 23.5 Å². The minimum atomic E-state index is -0.309. The van der Waals surface area contributed by atoms with Crippen molar-refractivity contribution in [3.63, 3.8) is 0 Å². The highest BCUT2D eigenvalue weighted by Gasteiger charge is 2.31. The molecule has 4 nitrogen and oxygen atoms in total. The van der Waals surface area contributed by atoms with Gasteiger partial charge in [0.25, 0.3) is 5.56 Å². The molecule has 0 spiro atoms. The molecule has 0 aliphatic carbocycles. The van der Waals surface area contributed by atoms with Gasteiger partial charge in [-0.3, -0.25) is 9.36 Å². The third-order valence-corrected chi connectivity index (χ3v) is 8.55. The van der Waals surface area contributed by atoms with Crippen molar-refractivity contribution in [3.05, 3.63) is 84.4 Å². The summed E-state index contributed by atoms with van der Waals surface area (Å²) >= 11 is 15.8. The summed E-state index contributed by atoms with van der Waals surface area (Å²) in [6.07, 6.45) is 0.689. The number of fused-ring (bicyclic) bond motifs is 3. The summed E-state index contributed by atoms with van der Waals surface area (Å²) in [4.78, 5) is 20.7. The number of benzene rings is 2. The Bertz CT molecular complexity index is 1410. The molecule has 1 aliphatic heterocycles. The van der Waals surface area contributed by atoms with E-state index in [0.717, 1.165) is 32.1 Å². The van der Waals surface area contributed by atoms with Gasteiger partial charge >= 0.3 is 0 Å². The largest absolute Gasteiger partial charge is 0.370 e. The Kier molecular flexibility index (Phi) is 6.08. The van der Waals surface area contributed by atoms with Crippen molar-refractivity contribution in [2.45, 2.75) is 50.3 Å². The minimum Gasteiger partial charge on any atom is -0.370 e. The molecule has 0 atom stereocenters. The van der Waals surface area contributed by atoms with E-state index < -0.39 is 0 Å². The molecule has 1 aliphatic rings. The van der Waals surface area contributed by atoms with Gasteiger partial charge in [0.15, 0.2) is 5.16 Å². The van der Waals surface area contributed by atoms with Crippen LogP contribution in [0.5, 0.6) is 0 Å². The fourth-order valence-corrected chi connectivity index (χ4v) is 6.90. The van der Waals surface area contributed by atoms with Crippen LogP contribution in [0.1, 0.15) is 35.4 Å². The highest BCUT2D eigenvalue weighted by Crippen LogP contribution is 2.38. The lowest BCUT2D eigenvalue weighted by Gasteiger charge is -2.29. The third kappa shape index (κ3) is 4.35. The summed E-state index contributed by atoms with van der Waals surface area (Å²) in [5.41, 5.74) is 3.46. The normalized spacial score (nSPS) is 15.1. The van der Waals surface area contributed by atoms with E-state index >= 15 is 0 Å². The molecular weight excluding hydrogens is 495 g/mol. The van der Waals surface area contributed by atoms with E-state index in [1.54, 1.807) is 15.9 Å². The number of aromatic nitrogens is 2. The van der Waals surface area contributed by atoms with Crippen molar-refractivity contribution in [2.24, 2.45) is 0 Å². The maximum absolute atomic E-state index is 13.9. The lowest BCUT2D eigenvalue weighted by Crippen LogP contribution is -2.32. The summed E-state index contributed by atoms with van der Waals surface area (Å²) in [6, 6.07) is 13.4. The molecule has 5 rings (SSSR count). The van der Waals surface area contributed by atoms with E-state index in [1.807, 2.05) is 49.4 Å². The van der Waals surface area contributed by atoms with E-state index in [2.05, 4.69) is 13.8 Å². The fourth-order valence-electron chi connectivity index (χ4n) is 4.00. The van der Waals surface area contributed by atoms with Crippen LogP contribution >= 0.6 is 46.3 Å². The van der Waals surface area contributed by atoms with Crippen LogP contribution in [0.2, 0.25) is 10.0 Å². The SMILES string of the molecule is Cc1ccc(-n2c(SCc3c(Cl)cccc3Cl)nc3sc4c(c3c2=O)CC(C)(C)OC4)cc1. The standard InChI is InChI=1S/C25H22Cl2N2O2S2/c1-14-7-9-15(10-8-14)29-23(30)21-16-11-25(2,3)31-12-20(16)33-22(21)28-24(29)32-13-17-18(26)5-4-6-19(17)27/h4-10H,11-13H2,1-3H3. The van der Waals surface area contributed by atoms with Crippen LogP contribution in [0, 0.1) is 6.92 Å². The Balaban J connectivity index is 1.68. The zero-order chi connectivity index (χ0) is 23.3. The first-order valence-electron chi connectivity index (χ1n) is 10.6. The second kappa shape index (κ2) is 8.75. The number of aryl methyl sites for hydroxylation is 1. The van der Waals surface area contributed by atoms with Crippen LogP contribution < -0.4 is 5.56 Å². The first-order valence-corrected chi connectivity index (χ1v) is 13.1. The third-order valence-electron chi connectivity index (χ3n) is 5.77. The van der Waals surface area contributed by atoms with E-state index in [9.17, 15) is 4.79 Å². The van der Waals surface area contributed by atoms with Gasteiger partial charge < -0.3 is 4.74 Å². The number of halogens is 2. The Morgan fingerprint density at radius 2 is 1.85 bits per heavy atom. The van der Waals surface area contributed by atoms with Crippen molar-refractivity contribution in [1.29, 1.82) is 0 Å². The van der Waals surface area contributed by atoms with E-state index in [1.165, 1.54) is 11.8 Å². The molecule has 2 aromatic heterocycles. The van der Waals surface area contributed by atoms with Gasteiger partial charge in [0.2, 0.25) is 0 Å². The zero-order valence-electron chi connectivity index (χ0n) is 18.4. The number of thioether (sulfide) groups is 1. The van der Waals surface area contributed by atoms with E-state index in [4.69, 9.17) is 32.9 Å². The molecule has 8 heteroatoms. The molecule has 0 saturated heterocycles. The number of ether oxygens (including phenoxy) is 1. The van der Waals surface area contributed by atoms with E-state index in [-0.39, 0.29) is 11.2 Å². The number of hydrogen-bond acceptors (Lipinski definition) is 5. The molecule has 0 unspecified atom stereocenters. The van der Waals surface area contributed by atoms with Crippen molar-refractivity contribution >= 4 is 56.5 Å². The molecule has 0 amide bonds. The lowest BCUT2D eigenvalue weighted by molar-refractivity contribution is -0.0379. The number of nitrogens with zero attached hydrogens (tertiary/aromatic N) is 2. The van der Waals surface area contributed by atoms with Crippen molar-refractivity contribution in [3.8, 4) is 5.69 Å². The smallest absolute Gasteiger partial charge is 0.267 e. The van der Waals surface area contributed by atoms with Gasteiger partial charge in [-0.15, -0.1) is 11.3 Å². The average molecular weight is 518 g/mol. The molecule has 2 aromatic carbocycles. The van der Waals surface area contributed by atoms with Crippen LogP contribution in [-0.4, -0.2) is 15.2 Å². The van der Waals surface area contributed by atoms with Crippen LogP contribution in [0.15, 0.2) is 52.4 Å². The summed E-state index contributed by atoms with van der Waals surface area (Å²) in [7, 11) is 0. The summed E-state index contributed by atoms with van der Waals surface area (Å²) in [6.45, 7) is 6.65. The monoisotopic (exact) mass is 516 g/mol. The number of hydrogen-bond donors (Lipinski definition) is 0. The van der Waals surface area contributed by atoms with Gasteiger partial charge in [-0.05, 0) is 56.2 Å². The summed E-state index contributed by atoms with van der Waals surface area (Å²) in [5, 5.41) is 2.52. The van der Waals surface area contributed by atoms with Gasteiger partial charge in [0, 0.05) is 27.1 Å². The molecule has 0 N–H and O–H groups in total. The Hall–Kier alpha value is -1.83. The van der Waals surface area contributed by atoms with Crippen LogP contribution in [0.25, 0.3) is 15.9 Å². The predicted octanol–water partition coefficient (Wildman–Crippen LogP) is 7.21. The molecule has 3 heterocycles. The van der Waals surface area contributed by atoms with Crippen molar-refractivity contribution < 1.29 is 4.74 Å². The van der Waals surface area contributed by atoms with Crippen LogP contribution in [0.3, 0.4) is 0 Å². The quantitative estimate of drug-likeness (QED) is 0.212. The van der Waals surface area contributed by atoms with Crippen molar-refractivity contribution in [2.75, 3.05) is 0 Å². The second-order valence-corrected chi connectivity index (χ2v) is 11.6. The summed E-state index contributed by atoms with van der Waals surface area (Å²) < 4.78 is 7.71. The maximum atomic E-state index is 13.9. The average Bonchev–Trinajstić information content (AvgIpc) is 3.11. The molecule has 0 saturated carbocycles. The molecule has 0 bridgehead atoms. The Morgan fingerprint density at radius 3 is 2.55 bits per heavy atom. The molecule has 0 radical (unpaired) electrons. The van der Waals surface area contributed by atoms with E-state index in [0.29, 0.717) is 39.4 Å². The Labute approximate surface area is 210 Å². The molecule has 170 valence electrons. The number of rotatable bonds is 4. The zero-order valence-corrected chi connectivity index (χ0v) is 21.6. The second-order valence-electron chi connectivity index (χ2n) is 8.77. The molecule has 4 aromatic rings. The van der Waals surface area contributed by atoms with Gasteiger partial charge in [0.05, 0.1) is 23.3 Å². The van der Waals surface area contributed by atoms with Gasteiger partial charge in [-0.25, -0.2) is 4.98 Å². The Morgan fingerprint density at radius 1 is 1.15 bits per heavy atom. The highest BCUT2D eigenvalue weighted by molar-refractivity contribution is 7.98. The molecule has 33 heavy (non-hydrogen) atoms. The lowest BCUT2D eigenvalue weighted by atomic mass is 9.94. The van der Waals surface area contributed by atoms with Gasteiger partial charge in [-0.1, -0.05) is 58.7 Å². The van der Waals surface area contributed by atoms with Gasteiger partial charge in [-0.2, -0.15) is 0 Å². The first kappa shape index (κ1) is 22.9. The van der Waals surface area contributed by atoms with Crippen molar-refractivity contribution in [1.82, 2.24) is 9.55 Å². The predicted molar refractivity (Wildman–Crippen MR) is 139 cm³/mol. The maximum Gasteiger partial charge on any atom is 0.267 e. The minimum absolute atomic E-state index is 0.0493. The van der Waals surface area contributed by atoms with Gasteiger partial charge in [0.1, 0.15) is 4.83 Å². The summed E-state index contributed by atoms with van der Waals surface area (Å²) in [5.74, 6) is 0.504. The highest BCUT2D eigenvalue weighted by atomic mass is 35.5. The topological polar surface area (TPSA) is 44.1 Å². The molecule has 0 fully saturated rings. The fraction of sp³-hybridized carbons (Fsp3) is 0.280. The first-order chi connectivity index (χ1) is 15.7. The molecular formula is C25H22Cl2N2O2S2.